The number of Topliss-reactive ketones (excluding diaryl/α,β-unsaturated/α-hetero) is 1. The fraction of sp³-hybridized carbons (Fsp3) is 0.619. The average molecular weight is 394 g/mol. The van der Waals surface area contributed by atoms with Crippen LogP contribution >= 0.6 is 11.8 Å². The lowest BCUT2D eigenvalue weighted by Crippen LogP contribution is -2.54. The van der Waals surface area contributed by atoms with Gasteiger partial charge in [0.15, 0.2) is 5.78 Å². The number of carbonyl (C=O) groups is 2. The van der Waals surface area contributed by atoms with Crippen molar-refractivity contribution in [2.45, 2.75) is 44.6 Å². The molecule has 27 heavy (non-hydrogen) atoms. The molecular weight excluding hydrogens is 362 g/mol. The van der Waals surface area contributed by atoms with Gasteiger partial charge >= 0.3 is 5.97 Å². The van der Waals surface area contributed by atoms with Crippen LogP contribution < -0.4 is 0 Å². The fourth-order valence-electron chi connectivity index (χ4n) is 2.93. The summed E-state index contributed by atoms with van der Waals surface area (Å²) in [6.07, 6.45) is 0.794. The molecule has 0 spiro atoms. The molecule has 5 nitrogen and oxygen atoms in total. The summed E-state index contributed by atoms with van der Waals surface area (Å²) in [7, 11) is 0. The van der Waals surface area contributed by atoms with Crippen LogP contribution in [0.25, 0.3) is 0 Å². The number of rotatable bonds is 9. The third-order valence-corrected chi connectivity index (χ3v) is 6.06. The molecule has 6 heteroatoms. The van der Waals surface area contributed by atoms with Crippen LogP contribution in [0.3, 0.4) is 0 Å². The highest BCUT2D eigenvalue weighted by Crippen LogP contribution is 2.24. The van der Waals surface area contributed by atoms with Crippen molar-refractivity contribution in [2.24, 2.45) is 5.92 Å². The number of esters is 1. The Morgan fingerprint density at radius 2 is 1.85 bits per heavy atom. The van der Waals surface area contributed by atoms with Gasteiger partial charge in [-0.3, -0.25) is 14.5 Å². The summed E-state index contributed by atoms with van der Waals surface area (Å²) in [6, 6.07) is 7.70. The Bertz CT molecular complexity index is 624. The van der Waals surface area contributed by atoms with E-state index in [-0.39, 0.29) is 17.7 Å². The van der Waals surface area contributed by atoms with E-state index in [9.17, 15) is 9.59 Å². The van der Waals surface area contributed by atoms with Crippen molar-refractivity contribution in [2.75, 3.05) is 38.7 Å². The first-order valence-electron chi connectivity index (χ1n) is 9.63. The maximum absolute atomic E-state index is 13.0. The maximum Gasteiger partial charge on any atom is 0.308 e. The van der Waals surface area contributed by atoms with Crippen LogP contribution in [0.15, 0.2) is 29.2 Å². The zero-order valence-corrected chi connectivity index (χ0v) is 17.6. The average Bonchev–Trinajstić information content (AvgIpc) is 2.70. The number of carbonyl (C=O) groups excluding carboxylic acids is 2. The van der Waals surface area contributed by atoms with E-state index in [1.54, 1.807) is 11.8 Å². The predicted molar refractivity (Wildman–Crippen MR) is 108 cm³/mol. The smallest absolute Gasteiger partial charge is 0.308 e. The van der Waals surface area contributed by atoms with E-state index in [0.29, 0.717) is 25.6 Å². The highest BCUT2D eigenvalue weighted by atomic mass is 32.2. The SMILES string of the molecule is CCC(C)C(=O)OCCSc1ccc(C(=O)C(C)(C)N2CCOCC2)cc1. The van der Waals surface area contributed by atoms with Gasteiger partial charge in [-0.05, 0) is 32.4 Å². The molecule has 0 saturated carbocycles. The second-order valence-corrected chi connectivity index (χ2v) is 8.51. The van der Waals surface area contributed by atoms with Gasteiger partial charge in [0, 0.05) is 29.3 Å². The third kappa shape index (κ3) is 6.06. The number of benzene rings is 1. The van der Waals surface area contributed by atoms with Crippen LogP contribution in [0.2, 0.25) is 0 Å². The molecule has 150 valence electrons. The van der Waals surface area contributed by atoms with Gasteiger partial charge in [0.2, 0.25) is 0 Å². The first-order chi connectivity index (χ1) is 12.9. The zero-order valence-electron chi connectivity index (χ0n) is 16.8. The molecule has 1 heterocycles. The molecule has 0 aliphatic carbocycles. The van der Waals surface area contributed by atoms with E-state index >= 15 is 0 Å². The lowest BCUT2D eigenvalue weighted by Gasteiger charge is -2.39. The summed E-state index contributed by atoms with van der Waals surface area (Å²) in [5.74, 6) is 0.650. The summed E-state index contributed by atoms with van der Waals surface area (Å²) in [6.45, 7) is 11.1. The number of thioether (sulfide) groups is 1. The predicted octanol–water partition coefficient (Wildman–Crippen LogP) is 3.66. The minimum atomic E-state index is -0.539. The van der Waals surface area contributed by atoms with Gasteiger partial charge in [-0.2, -0.15) is 0 Å². The van der Waals surface area contributed by atoms with Gasteiger partial charge in [0.25, 0.3) is 0 Å². The van der Waals surface area contributed by atoms with Crippen molar-refractivity contribution in [3.8, 4) is 0 Å². The molecule has 1 aromatic carbocycles. The molecular formula is C21H31NO4S. The van der Waals surface area contributed by atoms with Gasteiger partial charge < -0.3 is 9.47 Å². The molecule has 0 bridgehead atoms. The van der Waals surface area contributed by atoms with Crippen molar-refractivity contribution in [1.82, 2.24) is 4.90 Å². The van der Waals surface area contributed by atoms with Gasteiger partial charge in [-0.1, -0.05) is 26.0 Å². The van der Waals surface area contributed by atoms with E-state index in [2.05, 4.69) is 4.90 Å². The monoisotopic (exact) mass is 393 g/mol. The molecule has 0 aromatic heterocycles. The van der Waals surface area contributed by atoms with Crippen molar-refractivity contribution in [1.29, 1.82) is 0 Å². The molecule has 1 aromatic rings. The number of hydrogen-bond acceptors (Lipinski definition) is 6. The molecule has 1 saturated heterocycles. The van der Waals surface area contributed by atoms with E-state index < -0.39 is 5.54 Å². The Kier molecular flexibility index (Phi) is 8.32. The Labute approximate surface area is 166 Å². The van der Waals surface area contributed by atoms with Gasteiger partial charge in [-0.15, -0.1) is 11.8 Å². The Hall–Kier alpha value is -1.37. The van der Waals surface area contributed by atoms with E-state index in [4.69, 9.17) is 9.47 Å². The van der Waals surface area contributed by atoms with E-state index in [0.717, 1.165) is 30.0 Å². The Morgan fingerprint density at radius 1 is 1.22 bits per heavy atom. The Morgan fingerprint density at radius 3 is 2.44 bits per heavy atom. The first kappa shape index (κ1) is 21.9. The lowest BCUT2D eigenvalue weighted by atomic mass is 9.91. The molecule has 1 fully saturated rings. The van der Waals surface area contributed by atoms with E-state index in [1.807, 2.05) is 52.0 Å². The van der Waals surface area contributed by atoms with Gasteiger partial charge in [0.05, 0.1) is 24.7 Å². The molecule has 0 amide bonds. The topological polar surface area (TPSA) is 55.8 Å². The van der Waals surface area contributed by atoms with Crippen LogP contribution in [-0.2, 0) is 14.3 Å². The Balaban J connectivity index is 1.85. The van der Waals surface area contributed by atoms with Gasteiger partial charge in [0.1, 0.15) is 6.61 Å². The standard InChI is InChI=1S/C21H31NO4S/c1-5-16(2)20(24)26-14-15-27-18-8-6-17(7-9-18)19(23)21(3,4)22-10-12-25-13-11-22/h6-9,16H,5,10-15H2,1-4H3. The largest absolute Gasteiger partial charge is 0.465 e. The number of ether oxygens (including phenoxy) is 2. The summed E-state index contributed by atoms with van der Waals surface area (Å²) < 4.78 is 10.7. The summed E-state index contributed by atoms with van der Waals surface area (Å²) in [5, 5.41) is 0. The molecule has 1 atom stereocenters. The third-order valence-electron chi connectivity index (χ3n) is 5.08. The molecule has 0 radical (unpaired) electrons. The lowest BCUT2D eigenvalue weighted by molar-refractivity contribution is -0.147. The maximum atomic E-state index is 13.0. The van der Waals surface area contributed by atoms with Crippen LogP contribution in [-0.4, -0.2) is 60.9 Å². The van der Waals surface area contributed by atoms with Crippen LogP contribution in [0.5, 0.6) is 0 Å². The summed E-state index contributed by atoms with van der Waals surface area (Å²) in [4.78, 5) is 27.9. The first-order valence-corrected chi connectivity index (χ1v) is 10.6. The van der Waals surface area contributed by atoms with Crippen molar-refractivity contribution in [3.05, 3.63) is 29.8 Å². The van der Waals surface area contributed by atoms with Gasteiger partial charge in [-0.25, -0.2) is 0 Å². The minimum absolute atomic E-state index is 0.0462. The molecule has 1 aliphatic heterocycles. The minimum Gasteiger partial charge on any atom is -0.465 e. The highest BCUT2D eigenvalue weighted by molar-refractivity contribution is 7.99. The van der Waals surface area contributed by atoms with Crippen molar-refractivity contribution >= 4 is 23.5 Å². The zero-order chi connectivity index (χ0) is 19.9. The molecule has 2 rings (SSSR count). The van der Waals surface area contributed by atoms with Crippen molar-refractivity contribution in [3.63, 3.8) is 0 Å². The number of nitrogens with zero attached hydrogens (tertiary/aromatic N) is 1. The van der Waals surface area contributed by atoms with Crippen LogP contribution in [0.4, 0.5) is 0 Å². The summed E-state index contributed by atoms with van der Waals surface area (Å²) in [5.41, 5.74) is 0.182. The second kappa shape index (κ2) is 10.2. The quantitative estimate of drug-likeness (QED) is 0.276. The number of morpholine rings is 1. The number of ketones is 1. The van der Waals surface area contributed by atoms with Crippen LogP contribution in [0, 0.1) is 5.92 Å². The van der Waals surface area contributed by atoms with E-state index in [1.165, 1.54) is 0 Å². The normalized spacial score (nSPS) is 16.7. The fourth-order valence-corrected chi connectivity index (χ4v) is 3.66. The molecule has 1 aliphatic rings. The highest BCUT2D eigenvalue weighted by Gasteiger charge is 2.35. The number of hydrogen-bond donors (Lipinski definition) is 0. The summed E-state index contributed by atoms with van der Waals surface area (Å²) >= 11 is 1.62. The molecule has 1 unspecified atom stereocenters. The molecule has 0 N–H and O–H groups in total. The van der Waals surface area contributed by atoms with Crippen LogP contribution in [0.1, 0.15) is 44.5 Å². The van der Waals surface area contributed by atoms with Crippen molar-refractivity contribution < 1.29 is 19.1 Å². The second-order valence-electron chi connectivity index (χ2n) is 7.34.